The number of carbonyl (C=O) groups is 1. The minimum Gasteiger partial charge on any atom is -0.462 e. The molecule has 3 atom stereocenters. The SMILES string of the molecule is C[C@@H]1C/C=C\CC[C@@H](O)[C@@H](O)CCC(=O)O1. The topological polar surface area (TPSA) is 66.8 Å². The lowest BCUT2D eigenvalue weighted by Gasteiger charge is -2.18. The normalized spacial score (nSPS) is 35.7. The molecule has 0 radical (unpaired) electrons. The summed E-state index contributed by atoms with van der Waals surface area (Å²) in [6, 6.07) is 0. The van der Waals surface area contributed by atoms with Gasteiger partial charge in [0.1, 0.15) is 6.10 Å². The van der Waals surface area contributed by atoms with Crippen LogP contribution in [0.4, 0.5) is 0 Å². The number of ether oxygens (including phenoxy) is 1. The van der Waals surface area contributed by atoms with Gasteiger partial charge in [-0.3, -0.25) is 4.79 Å². The molecule has 2 N–H and O–H groups in total. The number of carbonyl (C=O) groups excluding carboxylic acids is 1. The Kier molecular flexibility index (Phi) is 5.49. The van der Waals surface area contributed by atoms with Gasteiger partial charge in [0.05, 0.1) is 12.2 Å². The zero-order valence-corrected chi connectivity index (χ0v) is 9.63. The maximum absolute atomic E-state index is 11.3. The zero-order valence-electron chi connectivity index (χ0n) is 9.63. The second-order valence-corrected chi connectivity index (χ2v) is 4.26. The highest BCUT2D eigenvalue weighted by molar-refractivity contribution is 5.69. The van der Waals surface area contributed by atoms with E-state index in [4.69, 9.17) is 4.74 Å². The second kappa shape index (κ2) is 6.66. The van der Waals surface area contributed by atoms with Gasteiger partial charge in [0, 0.05) is 12.8 Å². The highest BCUT2D eigenvalue weighted by Gasteiger charge is 2.18. The van der Waals surface area contributed by atoms with Crippen LogP contribution in [0.25, 0.3) is 0 Å². The molecule has 0 aromatic carbocycles. The largest absolute Gasteiger partial charge is 0.462 e. The van der Waals surface area contributed by atoms with Crippen molar-refractivity contribution in [2.75, 3.05) is 0 Å². The van der Waals surface area contributed by atoms with Crippen molar-refractivity contribution in [3.63, 3.8) is 0 Å². The van der Waals surface area contributed by atoms with Crippen molar-refractivity contribution in [2.24, 2.45) is 0 Å². The van der Waals surface area contributed by atoms with Gasteiger partial charge in [-0.25, -0.2) is 0 Å². The third-order valence-corrected chi connectivity index (χ3v) is 2.68. The summed E-state index contributed by atoms with van der Waals surface area (Å²) in [5.74, 6) is -0.312. The molecule has 4 nitrogen and oxygen atoms in total. The Hall–Kier alpha value is -0.870. The van der Waals surface area contributed by atoms with Gasteiger partial charge < -0.3 is 14.9 Å². The molecule has 16 heavy (non-hydrogen) atoms. The van der Waals surface area contributed by atoms with E-state index in [1.165, 1.54) is 0 Å². The van der Waals surface area contributed by atoms with Gasteiger partial charge in [-0.05, 0) is 26.2 Å². The van der Waals surface area contributed by atoms with Crippen LogP contribution in [0.3, 0.4) is 0 Å². The van der Waals surface area contributed by atoms with E-state index in [0.717, 1.165) is 6.42 Å². The minimum absolute atomic E-state index is 0.120. The lowest BCUT2D eigenvalue weighted by molar-refractivity contribution is -0.149. The summed E-state index contributed by atoms with van der Waals surface area (Å²) in [6.45, 7) is 1.85. The van der Waals surface area contributed by atoms with Crippen LogP contribution < -0.4 is 0 Å². The van der Waals surface area contributed by atoms with Gasteiger partial charge in [-0.1, -0.05) is 12.2 Å². The number of esters is 1. The second-order valence-electron chi connectivity index (χ2n) is 4.26. The fourth-order valence-corrected chi connectivity index (χ4v) is 1.65. The van der Waals surface area contributed by atoms with Gasteiger partial charge >= 0.3 is 5.97 Å². The number of aliphatic hydroxyl groups is 2. The fourth-order valence-electron chi connectivity index (χ4n) is 1.65. The average molecular weight is 228 g/mol. The number of allylic oxidation sites excluding steroid dienone is 1. The number of aliphatic hydroxyl groups excluding tert-OH is 2. The van der Waals surface area contributed by atoms with Gasteiger partial charge in [0.25, 0.3) is 0 Å². The van der Waals surface area contributed by atoms with E-state index >= 15 is 0 Å². The van der Waals surface area contributed by atoms with Crippen molar-refractivity contribution in [2.45, 2.75) is 57.3 Å². The van der Waals surface area contributed by atoms with Gasteiger partial charge in [-0.2, -0.15) is 0 Å². The monoisotopic (exact) mass is 228 g/mol. The lowest BCUT2D eigenvalue weighted by Crippen LogP contribution is -2.27. The Bertz CT molecular complexity index is 249. The van der Waals surface area contributed by atoms with Crippen molar-refractivity contribution in [1.82, 2.24) is 0 Å². The number of cyclic esters (lactones) is 1. The summed E-state index contributed by atoms with van der Waals surface area (Å²) in [7, 11) is 0. The molecule has 0 fully saturated rings. The van der Waals surface area contributed by atoms with E-state index in [1.54, 1.807) is 0 Å². The summed E-state index contributed by atoms with van der Waals surface area (Å²) < 4.78 is 5.12. The Morgan fingerprint density at radius 2 is 1.94 bits per heavy atom. The van der Waals surface area contributed by atoms with Gasteiger partial charge in [0.15, 0.2) is 0 Å². The molecule has 0 aromatic heterocycles. The zero-order chi connectivity index (χ0) is 12.0. The lowest BCUT2D eigenvalue weighted by atomic mass is 10.0. The predicted molar refractivity (Wildman–Crippen MR) is 59.8 cm³/mol. The third-order valence-electron chi connectivity index (χ3n) is 2.68. The smallest absolute Gasteiger partial charge is 0.306 e. The van der Waals surface area contributed by atoms with Crippen LogP contribution in [0, 0.1) is 0 Å². The van der Waals surface area contributed by atoms with Crippen molar-refractivity contribution in [1.29, 1.82) is 0 Å². The van der Waals surface area contributed by atoms with Crippen LogP contribution in [0.15, 0.2) is 12.2 Å². The van der Waals surface area contributed by atoms with Crippen LogP contribution in [0.2, 0.25) is 0 Å². The van der Waals surface area contributed by atoms with E-state index in [1.807, 2.05) is 19.1 Å². The minimum atomic E-state index is -0.837. The molecule has 1 rings (SSSR count). The molecule has 0 aliphatic carbocycles. The molecular formula is C12H20O4. The van der Waals surface area contributed by atoms with Gasteiger partial charge in [-0.15, -0.1) is 0 Å². The van der Waals surface area contributed by atoms with E-state index < -0.39 is 12.2 Å². The molecule has 0 amide bonds. The molecule has 0 bridgehead atoms. The highest BCUT2D eigenvalue weighted by Crippen LogP contribution is 2.12. The summed E-state index contributed by atoms with van der Waals surface area (Å²) in [4.78, 5) is 11.3. The molecule has 0 aromatic rings. The molecule has 0 spiro atoms. The summed E-state index contributed by atoms with van der Waals surface area (Å²) in [6.07, 6.45) is 4.56. The van der Waals surface area contributed by atoms with Gasteiger partial charge in [0.2, 0.25) is 0 Å². The van der Waals surface area contributed by atoms with E-state index in [0.29, 0.717) is 12.8 Å². The van der Waals surface area contributed by atoms with Crippen molar-refractivity contribution in [3.05, 3.63) is 12.2 Å². The van der Waals surface area contributed by atoms with Crippen molar-refractivity contribution >= 4 is 5.97 Å². The van der Waals surface area contributed by atoms with Crippen LogP contribution >= 0.6 is 0 Å². The molecule has 1 aliphatic heterocycles. The molecule has 0 saturated carbocycles. The first-order valence-corrected chi connectivity index (χ1v) is 5.80. The first kappa shape index (κ1) is 13.2. The van der Waals surface area contributed by atoms with Crippen LogP contribution in [-0.4, -0.2) is 34.5 Å². The number of rotatable bonds is 0. The maximum Gasteiger partial charge on any atom is 0.306 e. The Labute approximate surface area is 95.9 Å². The maximum atomic E-state index is 11.3. The van der Waals surface area contributed by atoms with Crippen molar-refractivity contribution < 1.29 is 19.7 Å². The Morgan fingerprint density at radius 3 is 2.69 bits per heavy atom. The van der Waals surface area contributed by atoms with Crippen molar-refractivity contribution in [3.8, 4) is 0 Å². The predicted octanol–water partition coefficient (Wildman–Crippen LogP) is 1.16. The van der Waals surface area contributed by atoms with Crippen LogP contribution in [-0.2, 0) is 9.53 Å². The summed E-state index contributed by atoms with van der Waals surface area (Å²) in [5, 5.41) is 19.1. The van der Waals surface area contributed by atoms with Crippen LogP contribution in [0.1, 0.15) is 39.0 Å². The summed E-state index contributed by atoms with van der Waals surface area (Å²) >= 11 is 0. The fraction of sp³-hybridized carbons (Fsp3) is 0.750. The molecule has 0 saturated heterocycles. The quantitative estimate of drug-likeness (QED) is 0.482. The standard InChI is InChI=1S/C12H20O4/c1-9-5-3-2-4-6-10(13)11(14)7-8-12(15)16-9/h2-3,9-11,13-14H,4-8H2,1H3/b3-2-/t9-,10-,11+/m1/s1. The summed E-state index contributed by atoms with van der Waals surface area (Å²) in [5.41, 5.74) is 0. The molecule has 1 aliphatic rings. The molecule has 1 heterocycles. The highest BCUT2D eigenvalue weighted by atomic mass is 16.5. The van der Waals surface area contributed by atoms with E-state index in [2.05, 4.69) is 0 Å². The number of hydrogen-bond acceptors (Lipinski definition) is 4. The third kappa shape index (κ3) is 4.77. The molecule has 0 unspecified atom stereocenters. The first-order chi connectivity index (χ1) is 7.59. The van der Waals surface area contributed by atoms with E-state index in [-0.39, 0.29) is 24.9 Å². The van der Waals surface area contributed by atoms with Crippen LogP contribution in [0.5, 0.6) is 0 Å². The Balaban J connectivity index is 2.54. The molecule has 92 valence electrons. The number of hydrogen-bond donors (Lipinski definition) is 2. The first-order valence-electron chi connectivity index (χ1n) is 5.80. The molecule has 4 heteroatoms. The van der Waals surface area contributed by atoms with E-state index in [9.17, 15) is 15.0 Å². The average Bonchev–Trinajstić information content (AvgIpc) is 2.23. The Morgan fingerprint density at radius 1 is 1.25 bits per heavy atom. The molecular weight excluding hydrogens is 208 g/mol.